The lowest BCUT2D eigenvalue weighted by Crippen LogP contribution is -2.13. The minimum Gasteiger partial charge on any atom is -0.493 e. The highest BCUT2D eigenvalue weighted by Gasteiger charge is 2.16. The van der Waals surface area contributed by atoms with Crippen molar-refractivity contribution in [3.8, 4) is 5.75 Å². The van der Waals surface area contributed by atoms with Gasteiger partial charge in [-0.2, -0.15) is 0 Å². The molecule has 4 rings (SSSR count). The van der Waals surface area contributed by atoms with Gasteiger partial charge in [0.05, 0.1) is 6.61 Å². The normalized spacial score (nSPS) is 17.2. The van der Waals surface area contributed by atoms with Gasteiger partial charge in [-0.15, -0.1) is 0 Å². The summed E-state index contributed by atoms with van der Waals surface area (Å²) in [6.07, 6.45) is 5.69. The molecule has 21 heavy (non-hydrogen) atoms. The summed E-state index contributed by atoms with van der Waals surface area (Å²) < 4.78 is 5.56. The maximum atomic E-state index is 6.43. The van der Waals surface area contributed by atoms with E-state index in [1.54, 1.807) is 0 Å². The predicted octanol–water partition coefficient (Wildman–Crippen LogP) is 3.35. The summed E-state index contributed by atoms with van der Waals surface area (Å²) in [6.45, 7) is 0.804. The minimum absolute atomic E-state index is 0.0651. The van der Waals surface area contributed by atoms with Crippen molar-refractivity contribution in [2.24, 2.45) is 5.73 Å². The first-order valence-corrected chi connectivity index (χ1v) is 7.91. The number of fused-ring (bicyclic) bond motifs is 2. The van der Waals surface area contributed by atoms with E-state index in [4.69, 9.17) is 10.5 Å². The number of nitrogens with two attached hydrogens (primary N) is 1. The van der Waals surface area contributed by atoms with Crippen molar-refractivity contribution in [2.45, 2.75) is 38.1 Å². The maximum Gasteiger partial charge on any atom is 0.122 e. The van der Waals surface area contributed by atoms with Crippen LogP contribution in [0.1, 0.15) is 40.3 Å². The van der Waals surface area contributed by atoms with Gasteiger partial charge in [0.25, 0.3) is 0 Å². The zero-order chi connectivity index (χ0) is 14.2. The number of hydrogen-bond acceptors (Lipinski definition) is 2. The third-order valence-electron chi connectivity index (χ3n) is 4.76. The molecule has 2 aromatic carbocycles. The van der Waals surface area contributed by atoms with E-state index in [0.29, 0.717) is 0 Å². The second kappa shape index (κ2) is 5.19. The average molecular weight is 279 g/mol. The van der Waals surface area contributed by atoms with E-state index in [2.05, 4.69) is 36.4 Å². The number of benzene rings is 2. The molecule has 1 aliphatic heterocycles. The molecule has 0 saturated carbocycles. The van der Waals surface area contributed by atoms with Gasteiger partial charge in [-0.3, -0.25) is 0 Å². The first kappa shape index (κ1) is 12.9. The monoisotopic (exact) mass is 279 g/mol. The first-order chi connectivity index (χ1) is 10.3. The second-order valence-electron chi connectivity index (χ2n) is 6.23. The Morgan fingerprint density at radius 1 is 0.952 bits per heavy atom. The second-order valence-corrected chi connectivity index (χ2v) is 6.23. The van der Waals surface area contributed by atoms with Gasteiger partial charge in [0.1, 0.15) is 5.75 Å². The summed E-state index contributed by atoms with van der Waals surface area (Å²) in [5.74, 6) is 1.03. The van der Waals surface area contributed by atoms with Crippen LogP contribution in [0.4, 0.5) is 0 Å². The molecule has 2 aromatic rings. The summed E-state index contributed by atoms with van der Waals surface area (Å²) >= 11 is 0. The third kappa shape index (κ3) is 2.44. The SMILES string of the molecule is NC(Cc1ccc2c(c1)CCC2)c1ccc2c(c1)CCO2. The zero-order valence-corrected chi connectivity index (χ0v) is 12.3. The zero-order valence-electron chi connectivity index (χ0n) is 12.3. The van der Waals surface area contributed by atoms with E-state index in [1.807, 2.05) is 0 Å². The molecule has 0 radical (unpaired) electrons. The van der Waals surface area contributed by atoms with Crippen LogP contribution in [0.3, 0.4) is 0 Å². The smallest absolute Gasteiger partial charge is 0.122 e. The van der Waals surface area contributed by atoms with Gasteiger partial charge in [0, 0.05) is 12.5 Å². The molecule has 0 aromatic heterocycles. The fourth-order valence-electron chi connectivity index (χ4n) is 3.56. The number of rotatable bonds is 3. The summed E-state index contributed by atoms with van der Waals surface area (Å²) in [6, 6.07) is 13.4. The molecule has 0 spiro atoms. The molecule has 2 heteroatoms. The van der Waals surface area contributed by atoms with Crippen LogP contribution in [0.15, 0.2) is 36.4 Å². The molecule has 2 nitrogen and oxygen atoms in total. The Hall–Kier alpha value is -1.80. The lowest BCUT2D eigenvalue weighted by Gasteiger charge is -2.14. The fourth-order valence-corrected chi connectivity index (χ4v) is 3.56. The van der Waals surface area contributed by atoms with Crippen molar-refractivity contribution in [1.29, 1.82) is 0 Å². The van der Waals surface area contributed by atoms with Crippen LogP contribution in [0.5, 0.6) is 5.75 Å². The van der Waals surface area contributed by atoms with Gasteiger partial charge in [-0.1, -0.05) is 30.3 Å². The highest BCUT2D eigenvalue weighted by molar-refractivity contribution is 5.41. The third-order valence-corrected chi connectivity index (χ3v) is 4.76. The number of hydrogen-bond donors (Lipinski definition) is 1. The van der Waals surface area contributed by atoms with Crippen LogP contribution >= 0.6 is 0 Å². The molecule has 1 aliphatic carbocycles. The maximum absolute atomic E-state index is 6.43. The van der Waals surface area contributed by atoms with Crippen LogP contribution in [0.25, 0.3) is 0 Å². The van der Waals surface area contributed by atoms with E-state index < -0.39 is 0 Å². The summed E-state index contributed by atoms with van der Waals surface area (Å²) in [4.78, 5) is 0. The summed E-state index contributed by atoms with van der Waals surface area (Å²) in [5.41, 5.74) is 13.4. The van der Waals surface area contributed by atoms with Crippen molar-refractivity contribution >= 4 is 0 Å². The fraction of sp³-hybridized carbons (Fsp3) is 0.368. The molecule has 1 atom stereocenters. The van der Waals surface area contributed by atoms with Crippen molar-refractivity contribution in [3.63, 3.8) is 0 Å². The molecule has 0 bridgehead atoms. The standard InChI is InChI=1S/C19H21NO/c20-18(16-6-7-19-17(12-16)8-9-21-19)11-13-4-5-14-2-1-3-15(14)10-13/h4-7,10,12,18H,1-3,8-9,11,20H2. The Morgan fingerprint density at radius 2 is 1.86 bits per heavy atom. The topological polar surface area (TPSA) is 35.2 Å². The molecule has 2 aliphatic rings. The average Bonchev–Trinajstić information content (AvgIpc) is 3.14. The van der Waals surface area contributed by atoms with Gasteiger partial charge >= 0.3 is 0 Å². The number of ether oxygens (including phenoxy) is 1. The molecule has 1 heterocycles. The van der Waals surface area contributed by atoms with Crippen molar-refractivity contribution in [1.82, 2.24) is 0 Å². The van der Waals surface area contributed by atoms with E-state index in [1.165, 1.54) is 47.1 Å². The largest absolute Gasteiger partial charge is 0.493 e. The number of aryl methyl sites for hydroxylation is 2. The first-order valence-electron chi connectivity index (χ1n) is 7.91. The van der Waals surface area contributed by atoms with Gasteiger partial charge in [-0.05, 0) is 59.6 Å². The Morgan fingerprint density at radius 3 is 2.81 bits per heavy atom. The van der Waals surface area contributed by atoms with Crippen LogP contribution in [0.2, 0.25) is 0 Å². The molecule has 0 amide bonds. The molecular weight excluding hydrogens is 258 g/mol. The Kier molecular flexibility index (Phi) is 3.19. The highest BCUT2D eigenvalue weighted by Crippen LogP contribution is 2.29. The van der Waals surface area contributed by atoms with Crippen molar-refractivity contribution in [2.75, 3.05) is 6.61 Å². The van der Waals surface area contributed by atoms with Crippen LogP contribution in [-0.4, -0.2) is 6.61 Å². The highest BCUT2D eigenvalue weighted by atomic mass is 16.5. The van der Waals surface area contributed by atoms with E-state index >= 15 is 0 Å². The van der Waals surface area contributed by atoms with Crippen LogP contribution < -0.4 is 10.5 Å². The Balaban J connectivity index is 1.54. The van der Waals surface area contributed by atoms with Gasteiger partial charge in [0.15, 0.2) is 0 Å². The molecule has 108 valence electrons. The predicted molar refractivity (Wildman–Crippen MR) is 84.7 cm³/mol. The van der Waals surface area contributed by atoms with Crippen molar-refractivity contribution in [3.05, 3.63) is 64.2 Å². The molecule has 0 saturated heterocycles. The van der Waals surface area contributed by atoms with Gasteiger partial charge in [-0.25, -0.2) is 0 Å². The molecule has 1 unspecified atom stereocenters. The Bertz CT molecular complexity index is 677. The van der Waals surface area contributed by atoms with E-state index in [-0.39, 0.29) is 6.04 Å². The van der Waals surface area contributed by atoms with Crippen LogP contribution in [-0.2, 0) is 25.7 Å². The lowest BCUT2D eigenvalue weighted by atomic mass is 9.96. The van der Waals surface area contributed by atoms with E-state index in [9.17, 15) is 0 Å². The van der Waals surface area contributed by atoms with Crippen LogP contribution in [0, 0.1) is 0 Å². The lowest BCUT2D eigenvalue weighted by molar-refractivity contribution is 0.357. The molecule has 0 fully saturated rings. The van der Waals surface area contributed by atoms with E-state index in [0.717, 1.165) is 25.2 Å². The van der Waals surface area contributed by atoms with Crippen molar-refractivity contribution < 1.29 is 4.74 Å². The van der Waals surface area contributed by atoms with Gasteiger partial charge < -0.3 is 10.5 Å². The Labute approximate surface area is 125 Å². The minimum atomic E-state index is 0.0651. The summed E-state index contributed by atoms with van der Waals surface area (Å²) in [5, 5.41) is 0. The molecule has 2 N–H and O–H groups in total. The van der Waals surface area contributed by atoms with Gasteiger partial charge in [0.2, 0.25) is 0 Å². The quantitative estimate of drug-likeness (QED) is 0.935. The molecular formula is C19H21NO. The summed E-state index contributed by atoms with van der Waals surface area (Å²) in [7, 11) is 0.